The lowest BCUT2D eigenvalue weighted by atomic mass is 9.98. The maximum Gasteiger partial charge on any atom is 0.343 e. The van der Waals surface area contributed by atoms with Gasteiger partial charge in [-0.3, -0.25) is 0 Å². The third-order valence-corrected chi connectivity index (χ3v) is 2.02. The minimum atomic E-state index is -1.33. The van der Waals surface area contributed by atoms with Gasteiger partial charge in [-0.05, 0) is 17.5 Å². The third-order valence-electron chi connectivity index (χ3n) is 2.02. The van der Waals surface area contributed by atoms with Gasteiger partial charge in [0.15, 0.2) is 0 Å². The average Bonchev–Trinajstić information content (AvgIpc) is 2.02. The molecule has 0 amide bonds. The summed E-state index contributed by atoms with van der Waals surface area (Å²) in [5.41, 5.74) is 0.0800. The maximum atomic E-state index is 10.7. The van der Waals surface area contributed by atoms with Crippen LogP contribution in [0.1, 0.15) is 35.7 Å². The van der Waals surface area contributed by atoms with Gasteiger partial charge in [0.2, 0.25) is 0 Å². The zero-order chi connectivity index (χ0) is 10.9. The van der Waals surface area contributed by atoms with Gasteiger partial charge in [-0.1, -0.05) is 19.9 Å². The number of hydrogen-bond donors (Lipinski definition) is 3. The second kappa shape index (κ2) is 3.57. The molecule has 76 valence electrons. The molecule has 1 aromatic carbocycles. The number of phenols is 2. The highest BCUT2D eigenvalue weighted by Gasteiger charge is 2.19. The number of hydrogen-bond acceptors (Lipinski definition) is 3. The molecule has 0 saturated carbocycles. The Bertz CT molecular complexity index is 369. The SMILES string of the molecule is CC(C)c1ccc(O)c(C(=O)O)c1O. The number of rotatable bonds is 2. The summed E-state index contributed by atoms with van der Waals surface area (Å²) in [6.45, 7) is 3.66. The number of carbonyl (C=O) groups is 1. The van der Waals surface area contributed by atoms with Gasteiger partial charge in [-0.15, -0.1) is 0 Å². The molecule has 3 N–H and O–H groups in total. The summed E-state index contributed by atoms with van der Waals surface area (Å²) < 4.78 is 0. The first-order chi connectivity index (χ1) is 6.45. The monoisotopic (exact) mass is 196 g/mol. The predicted molar refractivity (Wildman–Crippen MR) is 50.8 cm³/mol. The molecule has 0 heterocycles. The van der Waals surface area contributed by atoms with Crippen LogP contribution in [0.5, 0.6) is 11.5 Å². The van der Waals surface area contributed by atoms with Gasteiger partial charge >= 0.3 is 5.97 Å². The van der Waals surface area contributed by atoms with E-state index in [-0.39, 0.29) is 11.7 Å². The van der Waals surface area contributed by atoms with Crippen molar-refractivity contribution < 1.29 is 20.1 Å². The zero-order valence-corrected chi connectivity index (χ0v) is 7.98. The first kappa shape index (κ1) is 10.4. The summed E-state index contributed by atoms with van der Waals surface area (Å²) in [6, 6.07) is 2.79. The second-order valence-corrected chi connectivity index (χ2v) is 3.36. The van der Waals surface area contributed by atoms with Crippen LogP contribution in [-0.2, 0) is 0 Å². The van der Waals surface area contributed by atoms with Crippen molar-refractivity contribution in [2.75, 3.05) is 0 Å². The van der Waals surface area contributed by atoms with Crippen molar-refractivity contribution in [1.82, 2.24) is 0 Å². The minimum Gasteiger partial charge on any atom is -0.507 e. The van der Waals surface area contributed by atoms with Gasteiger partial charge in [-0.2, -0.15) is 0 Å². The van der Waals surface area contributed by atoms with Gasteiger partial charge in [0.25, 0.3) is 0 Å². The van der Waals surface area contributed by atoms with Crippen LogP contribution in [0, 0.1) is 0 Å². The van der Waals surface area contributed by atoms with Gasteiger partial charge in [0.1, 0.15) is 17.1 Å². The van der Waals surface area contributed by atoms with Crippen LogP contribution < -0.4 is 0 Å². The number of carboxylic acids is 1. The fraction of sp³-hybridized carbons (Fsp3) is 0.300. The molecule has 0 aliphatic heterocycles. The van der Waals surface area contributed by atoms with E-state index in [9.17, 15) is 15.0 Å². The van der Waals surface area contributed by atoms with E-state index in [1.54, 1.807) is 0 Å². The van der Waals surface area contributed by atoms with Crippen molar-refractivity contribution in [1.29, 1.82) is 0 Å². The van der Waals surface area contributed by atoms with Crippen molar-refractivity contribution in [2.24, 2.45) is 0 Å². The predicted octanol–water partition coefficient (Wildman–Crippen LogP) is 1.92. The molecule has 0 saturated heterocycles. The van der Waals surface area contributed by atoms with E-state index in [1.165, 1.54) is 12.1 Å². The Balaban J connectivity index is 3.41. The molecule has 0 bridgehead atoms. The number of aromatic carboxylic acids is 1. The smallest absolute Gasteiger partial charge is 0.343 e. The fourth-order valence-electron chi connectivity index (χ4n) is 1.27. The molecular formula is C10H12O4. The first-order valence-electron chi connectivity index (χ1n) is 4.23. The molecule has 4 nitrogen and oxygen atoms in total. The van der Waals surface area contributed by atoms with E-state index in [4.69, 9.17) is 5.11 Å². The molecule has 4 heteroatoms. The van der Waals surface area contributed by atoms with E-state index in [0.29, 0.717) is 5.56 Å². The number of aromatic hydroxyl groups is 2. The molecule has 0 spiro atoms. The lowest BCUT2D eigenvalue weighted by molar-refractivity contribution is 0.0690. The highest BCUT2D eigenvalue weighted by molar-refractivity contribution is 5.94. The fourth-order valence-corrected chi connectivity index (χ4v) is 1.27. The molecule has 14 heavy (non-hydrogen) atoms. The van der Waals surface area contributed by atoms with Gasteiger partial charge in [-0.25, -0.2) is 4.79 Å². The molecule has 0 aliphatic carbocycles. The van der Waals surface area contributed by atoms with Crippen LogP contribution in [0.15, 0.2) is 12.1 Å². The second-order valence-electron chi connectivity index (χ2n) is 3.36. The van der Waals surface area contributed by atoms with Gasteiger partial charge in [0.05, 0.1) is 0 Å². The summed E-state index contributed by atoms with van der Waals surface area (Å²) in [6.07, 6.45) is 0. The van der Waals surface area contributed by atoms with E-state index in [1.807, 2.05) is 13.8 Å². The summed E-state index contributed by atoms with van der Waals surface area (Å²) in [7, 11) is 0. The quantitative estimate of drug-likeness (QED) is 0.675. The Labute approximate surface area is 81.4 Å². The van der Waals surface area contributed by atoms with Crippen LogP contribution >= 0.6 is 0 Å². The Morgan fingerprint density at radius 2 is 1.86 bits per heavy atom. The maximum absolute atomic E-state index is 10.7. The molecular weight excluding hydrogens is 184 g/mol. The Morgan fingerprint density at radius 3 is 2.29 bits per heavy atom. The van der Waals surface area contributed by atoms with Gasteiger partial charge in [0, 0.05) is 0 Å². The van der Waals surface area contributed by atoms with E-state index >= 15 is 0 Å². The minimum absolute atomic E-state index is 0.00806. The molecule has 0 atom stereocenters. The van der Waals surface area contributed by atoms with E-state index in [0.717, 1.165) is 0 Å². The summed E-state index contributed by atoms with van der Waals surface area (Å²) >= 11 is 0. The number of benzene rings is 1. The van der Waals surface area contributed by atoms with Crippen molar-refractivity contribution in [3.8, 4) is 11.5 Å². The molecule has 0 fully saturated rings. The van der Waals surface area contributed by atoms with E-state index in [2.05, 4.69) is 0 Å². The summed E-state index contributed by atoms with van der Waals surface area (Å²) in [4.78, 5) is 10.7. The van der Waals surface area contributed by atoms with Crippen molar-refractivity contribution in [3.63, 3.8) is 0 Å². The summed E-state index contributed by atoms with van der Waals surface area (Å²) in [5.74, 6) is -2.09. The average molecular weight is 196 g/mol. The van der Waals surface area contributed by atoms with Crippen LogP contribution in [0.4, 0.5) is 0 Å². The third kappa shape index (κ3) is 1.64. The van der Waals surface area contributed by atoms with Crippen LogP contribution in [0.25, 0.3) is 0 Å². The molecule has 0 aromatic heterocycles. The first-order valence-corrected chi connectivity index (χ1v) is 4.23. The van der Waals surface area contributed by atoms with Crippen LogP contribution in [0.2, 0.25) is 0 Å². The lowest BCUT2D eigenvalue weighted by Crippen LogP contribution is -2.00. The zero-order valence-electron chi connectivity index (χ0n) is 7.98. The molecule has 1 aromatic rings. The highest BCUT2D eigenvalue weighted by atomic mass is 16.4. The standard InChI is InChI=1S/C10H12O4/c1-5(2)6-3-4-7(11)8(9(6)12)10(13)14/h3-5,11-12H,1-2H3,(H,13,14). The Hall–Kier alpha value is -1.71. The Kier molecular flexibility index (Phi) is 2.65. The van der Waals surface area contributed by atoms with Gasteiger partial charge < -0.3 is 15.3 Å². The highest BCUT2D eigenvalue weighted by Crippen LogP contribution is 2.34. The summed E-state index contributed by atoms with van der Waals surface area (Å²) in [5, 5.41) is 27.5. The van der Waals surface area contributed by atoms with Crippen molar-refractivity contribution in [3.05, 3.63) is 23.3 Å². The largest absolute Gasteiger partial charge is 0.507 e. The van der Waals surface area contributed by atoms with Crippen molar-refractivity contribution >= 4 is 5.97 Å². The number of carboxylic acid groups (broad SMARTS) is 1. The van der Waals surface area contributed by atoms with E-state index < -0.39 is 17.3 Å². The molecule has 0 unspecified atom stereocenters. The van der Waals surface area contributed by atoms with Crippen LogP contribution in [0.3, 0.4) is 0 Å². The normalized spacial score (nSPS) is 10.5. The molecule has 1 rings (SSSR count). The van der Waals surface area contributed by atoms with Crippen molar-refractivity contribution in [2.45, 2.75) is 19.8 Å². The molecule has 0 aliphatic rings. The Morgan fingerprint density at radius 1 is 1.29 bits per heavy atom. The lowest BCUT2D eigenvalue weighted by Gasteiger charge is -2.11. The van der Waals surface area contributed by atoms with Crippen LogP contribution in [-0.4, -0.2) is 21.3 Å². The topological polar surface area (TPSA) is 77.8 Å². The molecule has 0 radical (unpaired) electrons.